The molecular weight excluding hydrogens is 262 g/mol. The van der Waals surface area contributed by atoms with Crippen LogP contribution in [0.1, 0.15) is 16.8 Å². The van der Waals surface area contributed by atoms with E-state index in [0.29, 0.717) is 30.0 Å². The summed E-state index contributed by atoms with van der Waals surface area (Å²) in [5.74, 6) is 1.26. The maximum atomic E-state index is 11.6. The molecule has 0 aromatic heterocycles. The molecule has 0 radical (unpaired) electrons. The predicted octanol–water partition coefficient (Wildman–Crippen LogP) is 1.71. The molecule has 1 aromatic rings. The fourth-order valence-electron chi connectivity index (χ4n) is 1.40. The molecule has 15 heavy (non-hydrogen) atoms. The van der Waals surface area contributed by atoms with E-state index in [4.69, 9.17) is 15.2 Å². The van der Waals surface area contributed by atoms with Crippen LogP contribution in [0.5, 0.6) is 11.5 Å². The van der Waals surface area contributed by atoms with Gasteiger partial charge in [0.1, 0.15) is 0 Å². The van der Waals surface area contributed by atoms with Crippen molar-refractivity contribution in [3.8, 4) is 11.5 Å². The number of benzene rings is 1. The summed E-state index contributed by atoms with van der Waals surface area (Å²) in [6.45, 7) is 0.549. The number of carbonyl (C=O) groups is 1. The molecule has 0 unspecified atom stereocenters. The summed E-state index contributed by atoms with van der Waals surface area (Å²) in [7, 11) is 0. The first-order chi connectivity index (χ1) is 7.22. The largest absolute Gasteiger partial charge is 0.454 e. The van der Waals surface area contributed by atoms with Gasteiger partial charge in [-0.3, -0.25) is 4.79 Å². The lowest BCUT2D eigenvalue weighted by atomic mass is 10.1. The zero-order chi connectivity index (χ0) is 10.8. The van der Waals surface area contributed by atoms with Crippen LogP contribution in [0.25, 0.3) is 0 Å². The lowest BCUT2D eigenvalue weighted by Gasteiger charge is -2.03. The standard InChI is InChI=1S/C10H10BrNO3/c11-7-3-6(8(13)1-2-12)4-9-10(7)15-5-14-9/h3-4H,1-2,5,12H2. The molecule has 0 bridgehead atoms. The van der Waals surface area contributed by atoms with E-state index in [2.05, 4.69) is 15.9 Å². The lowest BCUT2D eigenvalue weighted by Crippen LogP contribution is -2.08. The molecule has 4 nitrogen and oxygen atoms in total. The first-order valence-corrected chi connectivity index (χ1v) is 5.34. The number of hydrogen-bond donors (Lipinski definition) is 1. The summed E-state index contributed by atoms with van der Waals surface area (Å²) in [5.41, 5.74) is 5.92. The molecule has 2 rings (SSSR count). The maximum Gasteiger partial charge on any atom is 0.231 e. The SMILES string of the molecule is NCCC(=O)c1cc(Br)c2c(c1)OCO2. The molecule has 1 heterocycles. The molecule has 0 saturated heterocycles. The van der Waals surface area contributed by atoms with E-state index >= 15 is 0 Å². The third-order valence-corrected chi connectivity index (χ3v) is 2.71. The molecule has 80 valence electrons. The number of carbonyl (C=O) groups excluding carboxylic acids is 1. The first-order valence-electron chi connectivity index (χ1n) is 4.55. The van der Waals surface area contributed by atoms with Gasteiger partial charge in [-0.2, -0.15) is 0 Å². The van der Waals surface area contributed by atoms with Crippen molar-refractivity contribution < 1.29 is 14.3 Å². The van der Waals surface area contributed by atoms with E-state index in [1.54, 1.807) is 12.1 Å². The minimum absolute atomic E-state index is 0.0106. The quantitative estimate of drug-likeness (QED) is 0.851. The van der Waals surface area contributed by atoms with Gasteiger partial charge in [0.05, 0.1) is 4.47 Å². The summed E-state index contributed by atoms with van der Waals surface area (Å²) in [6, 6.07) is 3.41. The van der Waals surface area contributed by atoms with Gasteiger partial charge in [-0.05, 0) is 34.6 Å². The minimum Gasteiger partial charge on any atom is -0.454 e. The number of nitrogens with two attached hydrogens (primary N) is 1. The van der Waals surface area contributed by atoms with Gasteiger partial charge < -0.3 is 15.2 Å². The number of rotatable bonds is 3. The Kier molecular flexibility index (Phi) is 2.93. The second kappa shape index (κ2) is 4.20. The van der Waals surface area contributed by atoms with Gasteiger partial charge in [-0.15, -0.1) is 0 Å². The van der Waals surface area contributed by atoms with E-state index in [0.717, 1.165) is 4.47 Å². The third kappa shape index (κ3) is 1.98. The van der Waals surface area contributed by atoms with E-state index in [1.165, 1.54) is 0 Å². The van der Waals surface area contributed by atoms with Crippen molar-refractivity contribution in [3.05, 3.63) is 22.2 Å². The maximum absolute atomic E-state index is 11.6. The Morgan fingerprint density at radius 2 is 2.27 bits per heavy atom. The Bertz CT molecular complexity index is 406. The average Bonchev–Trinajstić information content (AvgIpc) is 2.66. The molecule has 0 fully saturated rings. The zero-order valence-corrected chi connectivity index (χ0v) is 9.54. The van der Waals surface area contributed by atoms with Crippen molar-refractivity contribution in [2.24, 2.45) is 5.73 Å². The van der Waals surface area contributed by atoms with Crippen LogP contribution in [0.3, 0.4) is 0 Å². The molecule has 0 spiro atoms. The summed E-state index contributed by atoms with van der Waals surface area (Å²) >= 11 is 3.33. The van der Waals surface area contributed by atoms with Crippen LogP contribution in [0.2, 0.25) is 0 Å². The van der Waals surface area contributed by atoms with Gasteiger partial charge >= 0.3 is 0 Å². The highest BCUT2D eigenvalue weighted by molar-refractivity contribution is 9.10. The van der Waals surface area contributed by atoms with Crippen molar-refractivity contribution in [1.82, 2.24) is 0 Å². The Balaban J connectivity index is 2.35. The average molecular weight is 272 g/mol. The molecular formula is C10H10BrNO3. The molecule has 1 aliphatic rings. The monoisotopic (exact) mass is 271 g/mol. The highest BCUT2D eigenvalue weighted by atomic mass is 79.9. The normalized spacial score (nSPS) is 12.9. The smallest absolute Gasteiger partial charge is 0.231 e. The number of hydrogen-bond acceptors (Lipinski definition) is 4. The van der Waals surface area contributed by atoms with Gasteiger partial charge in [0.2, 0.25) is 6.79 Å². The van der Waals surface area contributed by atoms with Crippen molar-refractivity contribution in [3.63, 3.8) is 0 Å². The second-order valence-corrected chi connectivity index (χ2v) is 4.01. The van der Waals surface area contributed by atoms with Gasteiger partial charge in [0.25, 0.3) is 0 Å². The van der Waals surface area contributed by atoms with E-state index in [1.807, 2.05) is 0 Å². The number of fused-ring (bicyclic) bond motifs is 1. The highest BCUT2D eigenvalue weighted by Crippen LogP contribution is 2.40. The molecule has 2 N–H and O–H groups in total. The Labute approximate surface area is 95.5 Å². The van der Waals surface area contributed by atoms with E-state index < -0.39 is 0 Å². The molecule has 0 saturated carbocycles. The number of ether oxygens (including phenoxy) is 2. The number of ketones is 1. The summed E-state index contributed by atoms with van der Waals surface area (Å²) in [5, 5.41) is 0. The van der Waals surface area contributed by atoms with Crippen LogP contribution in [0.4, 0.5) is 0 Å². The molecule has 0 aliphatic carbocycles. The summed E-state index contributed by atoms with van der Waals surface area (Å²) < 4.78 is 11.2. The van der Waals surface area contributed by atoms with E-state index in [9.17, 15) is 4.79 Å². The predicted molar refractivity (Wildman–Crippen MR) is 58.3 cm³/mol. The van der Waals surface area contributed by atoms with Crippen molar-refractivity contribution in [1.29, 1.82) is 0 Å². The minimum atomic E-state index is 0.0106. The van der Waals surface area contributed by atoms with Crippen LogP contribution in [0.15, 0.2) is 16.6 Å². The van der Waals surface area contributed by atoms with Crippen molar-refractivity contribution in [2.45, 2.75) is 6.42 Å². The van der Waals surface area contributed by atoms with Crippen LogP contribution in [0, 0.1) is 0 Å². The highest BCUT2D eigenvalue weighted by Gasteiger charge is 2.19. The fraction of sp³-hybridized carbons (Fsp3) is 0.300. The molecule has 1 aliphatic heterocycles. The zero-order valence-electron chi connectivity index (χ0n) is 7.96. The first kappa shape index (κ1) is 10.4. The van der Waals surface area contributed by atoms with Crippen molar-refractivity contribution >= 4 is 21.7 Å². The lowest BCUT2D eigenvalue weighted by molar-refractivity contribution is 0.0985. The number of halogens is 1. The number of Topliss-reactive ketones (excluding diaryl/α,β-unsaturated/α-hetero) is 1. The van der Waals surface area contributed by atoms with Crippen LogP contribution in [-0.4, -0.2) is 19.1 Å². The Morgan fingerprint density at radius 3 is 3.00 bits per heavy atom. The molecule has 0 amide bonds. The second-order valence-electron chi connectivity index (χ2n) is 3.15. The molecule has 5 heteroatoms. The Hall–Kier alpha value is -1.07. The van der Waals surface area contributed by atoms with Crippen LogP contribution < -0.4 is 15.2 Å². The van der Waals surface area contributed by atoms with Gasteiger partial charge in [-0.25, -0.2) is 0 Å². The molecule has 1 aromatic carbocycles. The van der Waals surface area contributed by atoms with E-state index in [-0.39, 0.29) is 12.6 Å². The van der Waals surface area contributed by atoms with Crippen LogP contribution in [-0.2, 0) is 0 Å². The molecule has 0 atom stereocenters. The Morgan fingerprint density at radius 1 is 1.47 bits per heavy atom. The van der Waals surface area contributed by atoms with Gasteiger partial charge in [0.15, 0.2) is 17.3 Å². The van der Waals surface area contributed by atoms with Gasteiger partial charge in [-0.1, -0.05) is 0 Å². The van der Waals surface area contributed by atoms with Crippen LogP contribution >= 0.6 is 15.9 Å². The topological polar surface area (TPSA) is 61.6 Å². The summed E-state index contributed by atoms with van der Waals surface area (Å²) in [6.07, 6.45) is 0.339. The van der Waals surface area contributed by atoms with Crippen molar-refractivity contribution in [2.75, 3.05) is 13.3 Å². The van der Waals surface area contributed by atoms with Gasteiger partial charge in [0, 0.05) is 12.0 Å². The summed E-state index contributed by atoms with van der Waals surface area (Å²) in [4.78, 5) is 11.6. The third-order valence-electron chi connectivity index (χ3n) is 2.12. The fourth-order valence-corrected chi connectivity index (χ4v) is 1.96.